The first-order valence-electron chi connectivity index (χ1n) is 4.64. The summed E-state index contributed by atoms with van der Waals surface area (Å²) in [4.78, 5) is 11.8. The Morgan fingerprint density at radius 3 is 2.69 bits per heavy atom. The zero-order valence-electron chi connectivity index (χ0n) is 8.99. The second-order valence-corrected chi connectivity index (χ2v) is 5.42. The Kier molecular flexibility index (Phi) is 4.32. The lowest BCUT2D eigenvalue weighted by Crippen LogP contribution is -2.32. The lowest BCUT2D eigenvalue weighted by molar-refractivity contribution is -0.119. The molecule has 3 N–H and O–H groups in total. The van der Waals surface area contributed by atoms with Gasteiger partial charge in [0.1, 0.15) is 5.25 Å². The highest BCUT2D eigenvalue weighted by atomic mass is 35.5. The molecule has 0 saturated heterocycles. The van der Waals surface area contributed by atoms with Crippen LogP contribution in [0.3, 0.4) is 0 Å². The number of carbonyl (C=O) groups excluding carboxylic acids is 1. The molecule has 2 unspecified atom stereocenters. The van der Waals surface area contributed by atoms with Gasteiger partial charge in [-0.25, -0.2) is 0 Å². The third-order valence-corrected chi connectivity index (χ3v) is 4.04. The van der Waals surface area contributed by atoms with Crippen LogP contribution >= 0.6 is 11.6 Å². The first-order chi connectivity index (χ1) is 7.47. The van der Waals surface area contributed by atoms with Crippen molar-refractivity contribution in [2.45, 2.75) is 17.1 Å². The maximum atomic E-state index is 12.0. The van der Waals surface area contributed by atoms with Crippen molar-refractivity contribution < 1.29 is 9.00 Å². The van der Waals surface area contributed by atoms with Crippen molar-refractivity contribution in [3.05, 3.63) is 23.2 Å². The Morgan fingerprint density at radius 1 is 1.56 bits per heavy atom. The fourth-order valence-electron chi connectivity index (χ4n) is 1.14. The molecule has 0 spiro atoms. The zero-order chi connectivity index (χ0) is 12.3. The number of anilines is 1. The standard InChI is InChI=1S/C10H13ClN2O2S/c1-6(10(14)13-2)16(15)7-3-4-9(12)8(11)5-7/h3-6H,12H2,1-2H3,(H,13,14). The minimum Gasteiger partial charge on any atom is -0.398 e. The van der Waals surface area contributed by atoms with Gasteiger partial charge in [0.15, 0.2) is 0 Å². The first-order valence-corrected chi connectivity index (χ1v) is 6.23. The van der Waals surface area contributed by atoms with Crippen LogP contribution in [-0.4, -0.2) is 22.4 Å². The van der Waals surface area contributed by atoms with Gasteiger partial charge in [-0.3, -0.25) is 9.00 Å². The number of hydrogen-bond acceptors (Lipinski definition) is 3. The third kappa shape index (κ3) is 2.74. The summed E-state index contributed by atoms with van der Waals surface area (Å²) in [5.41, 5.74) is 5.97. The van der Waals surface area contributed by atoms with Crippen LogP contribution in [0.25, 0.3) is 0 Å². The van der Waals surface area contributed by atoms with E-state index < -0.39 is 16.0 Å². The normalized spacial score (nSPS) is 14.2. The Labute approximate surface area is 102 Å². The fourth-order valence-corrected chi connectivity index (χ4v) is 2.54. The average Bonchev–Trinajstić information content (AvgIpc) is 2.29. The maximum absolute atomic E-state index is 12.0. The second kappa shape index (κ2) is 5.32. The van der Waals surface area contributed by atoms with Crippen molar-refractivity contribution in [1.82, 2.24) is 5.32 Å². The minimum atomic E-state index is -1.43. The molecule has 1 rings (SSSR count). The summed E-state index contributed by atoms with van der Waals surface area (Å²) < 4.78 is 12.0. The molecule has 0 saturated carbocycles. The largest absolute Gasteiger partial charge is 0.398 e. The van der Waals surface area contributed by atoms with E-state index in [-0.39, 0.29) is 5.91 Å². The first kappa shape index (κ1) is 13.0. The number of nitrogens with one attached hydrogen (secondary N) is 1. The highest BCUT2D eigenvalue weighted by molar-refractivity contribution is 7.86. The zero-order valence-corrected chi connectivity index (χ0v) is 10.6. The number of rotatable bonds is 3. The molecule has 6 heteroatoms. The summed E-state index contributed by atoms with van der Waals surface area (Å²) >= 11 is 5.82. The molecular weight excluding hydrogens is 248 g/mol. The summed E-state index contributed by atoms with van der Waals surface area (Å²) in [7, 11) is 0.0772. The number of hydrogen-bond donors (Lipinski definition) is 2. The molecule has 1 aromatic rings. The summed E-state index contributed by atoms with van der Waals surface area (Å²) in [6.45, 7) is 1.60. The average molecular weight is 261 g/mol. The van der Waals surface area contributed by atoms with Crippen molar-refractivity contribution in [1.29, 1.82) is 0 Å². The lowest BCUT2D eigenvalue weighted by Gasteiger charge is -2.10. The number of nitrogen functional groups attached to an aromatic ring is 1. The molecule has 2 atom stereocenters. The summed E-state index contributed by atoms with van der Waals surface area (Å²) in [5.74, 6) is -0.272. The number of nitrogens with two attached hydrogens (primary N) is 1. The quantitative estimate of drug-likeness (QED) is 0.802. The van der Waals surface area contributed by atoms with Crippen molar-refractivity contribution in [2.24, 2.45) is 0 Å². The second-order valence-electron chi connectivity index (χ2n) is 3.24. The summed E-state index contributed by atoms with van der Waals surface area (Å²) in [6.07, 6.45) is 0. The smallest absolute Gasteiger partial charge is 0.235 e. The molecule has 0 aliphatic rings. The van der Waals surface area contributed by atoms with Gasteiger partial charge in [-0.05, 0) is 25.1 Å². The number of benzene rings is 1. The molecule has 0 aliphatic heterocycles. The summed E-state index contributed by atoms with van der Waals surface area (Å²) in [5, 5.41) is 2.17. The summed E-state index contributed by atoms with van der Waals surface area (Å²) in [6, 6.07) is 4.70. The molecule has 16 heavy (non-hydrogen) atoms. The predicted octanol–water partition coefficient (Wildman–Crippen LogP) is 1.16. The van der Waals surface area contributed by atoms with E-state index in [1.54, 1.807) is 19.1 Å². The molecule has 0 bridgehead atoms. The van der Waals surface area contributed by atoms with E-state index in [1.807, 2.05) is 0 Å². The van der Waals surface area contributed by atoms with Gasteiger partial charge in [0.05, 0.1) is 21.5 Å². The third-order valence-electron chi connectivity index (χ3n) is 2.14. The van der Waals surface area contributed by atoms with E-state index >= 15 is 0 Å². The van der Waals surface area contributed by atoms with Crippen LogP contribution in [0.1, 0.15) is 6.92 Å². The molecule has 1 aromatic carbocycles. The van der Waals surface area contributed by atoms with Crippen molar-refractivity contribution in [3.8, 4) is 0 Å². The van der Waals surface area contributed by atoms with E-state index in [4.69, 9.17) is 17.3 Å². The fraction of sp³-hybridized carbons (Fsp3) is 0.300. The van der Waals surface area contributed by atoms with Crippen LogP contribution in [0, 0.1) is 0 Å². The van der Waals surface area contributed by atoms with E-state index in [0.717, 1.165) is 0 Å². The molecule has 0 radical (unpaired) electrons. The number of carbonyl (C=O) groups is 1. The van der Waals surface area contributed by atoms with Crippen LogP contribution in [0.15, 0.2) is 23.1 Å². The van der Waals surface area contributed by atoms with Crippen LogP contribution in [0.2, 0.25) is 5.02 Å². The van der Waals surface area contributed by atoms with Gasteiger partial charge in [-0.15, -0.1) is 0 Å². The molecular formula is C10H13ClN2O2S. The van der Waals surface area contributed by atoms with Gasteiger partial charge in [-0.1, -0.05) is 11.6 Å². The molecule has 1 amide bonds. The van der Waals surface area contributed by atoms with Gasteiger partial charge in [0.25, 0.3) is 0 Å². The minimum absolute atomic E-state index is 0.272. The lowest BCUT2D eigenvalue weighted by atomic mass is 10.3. The number of halogens is 1. The van der Waals surface area contributed by atoms with E-state index in [1.165, 1.54) is 13.1 Å². The van der Waals surface area contributed by atoms with E-state index in [0.29, 0.717) is 15.6 Å². The van der Waals surface area contributed by atoms with Crippen molar-refractivity contribution in [3.63, 3.8) is 0 Å². The van der Waals surface area contributed by atoms with Gasteiger partial charge in [0.2, 0.25) is 5.91 Å². The Bertz CT molecular complexity index is 437. The topological polar surface area (TPSA) is 72.2 Å². The van der Waals surface area contributed by atoms with Gasteiger partial charge in [-0.2, -0.15) is 0 Å². The molecule has 0 fully saturated rings. The molecule has 0 aliphatic carbocycles. The van der Waals surface area contributed by atoms with E-state index in [2.05, 4.69) is 5.32 Å². The van der Waals surface area contributed by atoms with Gasteiger partial charge >= 0.3 is 0 Å². The molecule has 0 heterocycles. The van der Waals surface area contributed by atoms with Gasteiger partial charge in [0, 0.05) is 11.9 Å². The van der Waals surface area contributed by atoms with Crippen molar-refractivity contribution in [2.75, 3.05) is 12.8 Å². The maximum Gasteiger partial charge on any atom is 0.235 e. The van der Waals surface area contributed by atoms with Crippen LogP contribution in [-0.2, 0) is 15.6 Å². The van der Waals surface area contributed by atoms with Crippen molar-refractivity contribution >= 4 is 34.0 Å². The highest BCUT2D eigenvalue weighted by Gasteiger charge is 2.20. The Hall–Kier alpha value is -1.07. The Balaban J connectivity index is 2.97. The van der Waals surface area contributed by atoms with Crippen LogP contribution in [0.4, 0.5) is 5.69 Å². The van der Waals surface area contributed by atoms with Gasteiger partial charge < -0.3 is 11.1 Å². The SMILES string of the molecule is CNC(=O)C(C)S(=O)c1ccc(N)c(Cl)c1. The molecule has 4 nitrogen and oxygen atoms in total. The highest BCUT2D eigenvalue weighted by Crippen LogP contribution is 2.22. The molecule has 88 valence electrons. The Morgan fingerprint density at radius 2 is 2.19 bits per heavy atom. The number of amides is 1. The molecule has 0 aromatic heterocycles. The van der Waals surface area contributed by atoms with Crippen LogP contribution in [0.5, 0.6) is 0 Å². The predicted molar refractivity (Wildman–Crippen MR) is 65.8 cm³/mol. The monoisotopic (exact) mass is 260 g/mol. The van der Waals surface area contributed by atoms with Crippen LogP contribution < -0.4 is 11.1 Å². The van der Waals surface area contributed by atoms with E-state index in [9.17, 15) is 9.00 Å².